The van der Waals surface area contributed by atoms with E-state index in [1.807, 2.05) is 24.3 Å². The molecular formula is C37H49N3O3SSi. The van der Waals surface area contributed by atoms with Crippen molar-refractivity contribution >= 4 is 48.9 Å². The molecule has 45 heavy (non-hydrogen) atoms. The summed E-state index contributed by atoms with van der Waals surface area (Å²) in [5.74, 6) is 0.909. The number of anilines is 4. The summed E-state index contributed by atoms with van der Waals surface area (Å²) >= 11 is 1.76. The number of rotatable bonds is 9. The van der Waals surface area contributed by atoms with E-state index >= 15 is 0 Å². The lowest BCUT2D eigenvalue weighted by atomic mass is 10.2. The maximum absolute atomic E-state index is 13.9. The number of amides is 1. The second kappa shape index (κ2) is 13.3. The molecule has 6 rings (SSSR count). The van der Waals surface area contributed by atoms with Gasteiger partial charge in [0.1, 0.15) is 12.4 Å². The van der Waals surface area contributed by atoms with Crippen molar-refractivity contribution in [1.29, 1.82) is 0 Å². The van der Waals surface area contributed by atoms with Crippen molar-refractivity contribution in [2.75, 3.05) is 40.9 Å². The van der Waals surface area contributed by atoms with Gasteiger partial charge < -0.3 is 19.0 Å². The quantitative estimate of drug-likeness (QED) is 0.216. The maximum Gasteiger partial charge on any atom is 0.419 e. The molecule has 0 aromatic heterocycles. The van der Waals surface area contributed by atoms with Crippen LogP contribution in [0.2, 0.25) is 16.6 Å². The predicted molar refractivity (Wildman–Crippen MR) is 190 cm³/mol. The number of benzene rings is 3. The van der Waals surface area contributed by atoms with Crippen LogP contribution >= 0.6 is 11.8 Å². The van der Waals surface area contributed by atoms with Crippen molar-refractivity contribution < 1.29 is 14.0 Å². The SMILES string of the molecule is CC(C)[Si](Oc1ccc(COC(=O)N2c3ccc(N4CCCC4)cc3Sc3cc(N4CCCC4)ccc32)cc1)(C(C)C)C(C)C. The Balaban J connectivity index is 1.22. The van der Waals surface area contributed by atoms with Crippen LogP contribution in [0.25, 0.3) is 0 Å². The minimum atomic E-state index is -2.04. The zero-order chi connectivity index (χ0) is 31.7. The van der Waals surface area contributed by atoms with Crippen molar-refractivity contribution in [3.8, 4) is 5.75 Å². The standard InChI is InChI=1S/C37H49N3O3SSi/c1-26(2)45(27(3)4,28(5)6)43-32-15-11-29(12-16-32)25-42-37(41)40-33-17-13-30(38-19-7-8-20-38)23-35(33)44-36-24-31(14-18-34(36)40)39-21-9-10-22-39/h11-18,23-24,26-28H,7-10,19-22,25H2,1-6H3. The molecule has 0 aliphatic carbocycles. The molecule has 3 aromatic carbocycles. The zero-order valence-corrected chi connectivity index (χ0v) is 29.7. The molecule has 0 saturated carbocycles. The van der Waals surface area contributed by atoms with Crippen LogP contribution in [0.15, 0.2) is 70.5 Å². The molecule has 1 amide bonds. The highest BCUT2D eigenvalue weighted by Crippen LogP contribution is 2.51. The number of hydrogen-bond donors (Lipinski definition) is 0. The van der Waals surface area contributed by atoms with E-state index in [1.165, 1.54) is 37.1 Å². The first-order valence-electron chi connectivity index (χ1n) is 16.9. The van der Waals surface area contributed by atoms with Gasteiger partial charge in [0, 0.05) is 47.3 Å². The molecule has 0 spiro atoms. The van der Waals surface area contributed by atoms with Gasteiger partial charge in [-0.2, -0.15) is 0 Å². The number of ether oxygens (including phenoxy) is 1. The van der Waals surface area contributed by atoms with Gasteiger partial charge in [0.2, 0.25) is 0 Å². The van der Waals surface area contributed by atoms with Gasteiger partial charge in [-0.1, -0.05) is 65.4 Å². The average molecular weight is 644 g/mol. The Morgan fingerprint density at radius 1 is 0.711 bits per heavy atom. The molecule has 0 N–H and O–H groups in total. The van der Waals surface area contributed by atoms with E-state index in [2.05, 4.69) is 87.7 Å². The summed E-state index contributed by atoms with van der Waals surface area (Å²) in [6, 6.07) is 21.1. The maximum atomic E-state index is 13.9. The molecule has 0 unspecified atom stereocenters. The van der Waals surface area contributed by atoms with Gasteiger partial charge in [-0.05, 0) is 96.4 Å². The van der Waals surface area contributed by atoms with Gasteiger partial charge in [-0.25, -0.2) is 9.69 Å². The van der Waals surface area contributed by atoms with Gasteiger partial charge in [-0.3, -0.25) is 0 Å². The van der Waals surface area contributed by atoms with E-state index in [-0.39, 0.29) is 12.7 Å². The largest absolute Gasteiger partial charge is 0.543 e. The third-order valence-electron chi connectivity index (χ3n) is 10.0. The summed E-state index contributed by atoms with van der Waals surface area (Å²) in [6.45, 7) is 18.4. The molecule has 0 atom stereocenters. The van der Waals surface area contributed by atoms with Gasteiger partial charge in [0.15, 0.2) is 0 Å². The second-order valence-electron chi connectivity index (χ2n) is 13.7. The van der Waals surface area contributed by atoms with Crippen LogP contribution in [-0.2, 0) is 11.3 Å². The molecule has 2 fully saturated rings. The molecule has 240 valence electrons. The number of fused-ring (bicyclic) bond motifs is 2. The van der Waals surface area contributed by atoms with E-state index in [0.29, 0.717) is 16.6 Å². The van der Waals surface area contributed by atoms with Crippen molar-refractivity contribution in [3.05, 3.63) is 66.2 Å². The predicted octanol–water partition coefficient (Wildman–Crippen LogP) is 10.4. The van der Waals surface area contributed by atoms with Crippen LogP contribution in [0.3, 0.4) is 0 Å². The van der Waals surface area contributed by atoms with Gasteiger partial charge in [0.05, 0.1) is 11.4 Å². The van der Waals surface area contributed by atoms with Crippen molar-refractivity contribution in [3.63, 3.8) is 0 Å². The molecule has 3 aromatic rings. The number of hydrogen-bond acceptors (Lipinski definition) is 6. The zero-order valence-electron chi connectivity index (χ0n) is 27.8. The summed E-state index contributed by atoms with van der Waals surface area (Å²) in [4.78, 5) is 22.8. The first-order valence-corrected chi connectivity index (χ1v) is 19.8. The summed E-state index contributed by atoms with van der Waals surface area (Å²) in [6.07, 6.45) is 4.57. The molecule has 6 nitrogen and oxygen atoms in total. The topological polar surface area (TPSA) is 45.3 Å². The summed E-state index contributed by atoms with van der Waals surface area (Å²) in [7, 11) is -2.04. The van der Waals surface area contributed by atoms with E-state index in [4.69, 9.17) is 9.16 Å². The Labute approximate surface area is 275 Å². The third-order valence-corrected chi connectivity index (χ3v) is 17.1. The van der Waals surface area contributed by atoms with Crippen LogP contribution in [0, 0.1) is 0 Å². The Morgan fingerprint density at radius 2 is 1.18 bits per heavy atom. The number of nitrogens with zero attached hydrogens (tertiary/aromatic N) is 3. The minimum Gasteiger partial charge on any atom is -0.543 e. The molecule has 0 radical (unpaired) electrons. The molecule has 8 heteroatoms. The van der Waals surface area contributed by atoms with Gasteiger partial charge in [0.25, 0.3) is 8.32 Å². The van der Waals surface area contributed by atoms with Crippen molar-refractivity contribution in [2.45, 2.75) is 100 Å². The first-order chi connectivity index (χ1) is 21.7. The number of carbonyl (C=O) groups is 1. The lowest BCUT2D eigenvalue weighted by Gasteiger charge is -2.42. The van der Waals surface area contributed by atoms with Crippen LogP contribution in [0.5, 0.6) is 5.75 Å². The second-order valence-corrected chi connectivity index (χ2v) is 20.2. The van der Waals surface area contributed by atoms with E-state index in [0.717, 1.165) is 58.7 Å². The Morgan fingerprint density at radius 3 is 1.62 bits per heavy atom. The molecule has 3 aliphatic heterocycles. The summed E-state index contributed by atoms with van der Waals surface area (Å²) in [5, 5.41) is 0. The van der Waals surface area contributed by atoms with E-state index < -0.39 is 8.32 Å². The van der Waals surface area contributed by atoms with Crippen LogP contribution in [-0.4, -0.2) is 40.6 Å². The van der Waals surface area contributed by atoms with Crippen molar-refractivity contribution in [1.82, 2.24) is 0 Å². The Hall–Kier alpha value is -3.10. The average Bonchev–Trinajstić information content (AvgIpc) is 3.76. The smallest absolute Gasteiger partial charge is 0.419 e. The molecule has 3 heterocycles. The fourth-order valence-electron chi connectivity index (χ4n) is 7.75. The van der Waals surface area contributed by atoms with Crippen LogP contribution in [0.1, 0.15) is 72.8 Å². The fraction of sp³-hybridized carbons (Fsp3) is 0.486. The van der Waals surface area contributed by atoms with Crippen molar-refractivity contribution in [2.24, 2.45) is 0 Å². The minimum absolute atomic E-state index is 0.201. The lowest BCUT2D eigenvalue weighted by Crippen LogP contribution is -2.50. The third kappa shape index (κ3) is 6.33. The highest BCUT2D eigenvalue weighted by molar-refractivity contribution is 7.99. The monoisotopic (exact) mass is 643 g/mol. The summed E-state index contributed by atoms with van der Waals surface area (Å²) in [5.41, 5.74) is 6.69. The van der Waals surface area contributed by atoms with Crippen LogP contribution < -0.4 is 19.1 Å². The Kier molecular flexibility index (Phi) is 9.43. The molecule has 2 saturated heterocycles. The van der Waals surface area contributed by atoms with E-state index in [9.17, 15) is 4.79 Å². The Bertz CT molecular complexity index is 1410. The fourth-order valence-corrected chi connectivity index (χ4v) is 14.1. The van der Waals surface area contributed by atoms with Crippen LogP contribution in [0.4, 0.5) is 27.5 Å². The number of carbonyl (C=O) groups excluding carboxylic acids is 1. The summed E-state index contributed by atoms with van der Waals surface area (Å²) < 4.78 is 12.9. The molecule has 3 aliphatic rings. The normalized spacial score (nSPS) is 16.5. The molecule has 0 bridgehead atoms. The van der Waals surface area contributed by atoms with Gasteiger partial charge >= 0.3 is 6.09 Å². The molecular weight excluding hydrogens is 595 g/mol. The van der Waals surface area contributed by atoms with Gasteiger partial charge in [-0.15, -0.1) is 0 Å². The lowest BCUT2D eigenvalue weighted by molar-refractivity contribution is 0.149. The highest BCUT2D eigenvalue weighted by atomic mass is 32.2. The first kappa shape index (κ1) is 31.9. The highest BCUT2D eigenvalue weighted by Gasteiger charge is 2.47. The van der Waals surface area contributed by atoms with E-state index in [1.54, 1.807) is 16.7 Å².